The van der Waals surface area contributed by atoms with E-state index in [9.17, 15) is 0 Å². The van der Waals surface area contributed by atoms with Crippen molar-refractivity contribution >= 4 is 0 Å². The van der Waals surface area contributed by atoms with Crippen molar-refractivity contribution in [2.75, 3.05) is 26.7 Å². The molecule has 1 saturated carbocycles. The van der Waals surface area contributed by atoms with Crippen LogP contribution in [0.3, 0.4) is 0 Å². The van der Waals surface area contributed by atoms with Crippen molar-refractivity contribution in [1.29, 1.82) is 0 Å². The predicted octanol–water partition coefficient (Wildman–Crippen LogP) is 4.30. The molecule has 1 rings (SSSR count). The minimum absolute atomic E-state index is 0.770. The predicted molar refractivity (Wildman–Crippen MR) is 90.2 cm³/mol. The molecule has 2 heteroatoms. The first kappa shape index (κ1) is 18.0. The zero-order valence-electron chi connectivity index (χ0n) is 14.5. The van der Waals surface area contributed by atoms with E-state index in [1.807, 2.05) is 0 Å². The molecule has 0 aromatic carbocycles. The lowest BCUT2D eigenvalue weighted by Crippen LogP contribution is -2.45. The van der Waals surface area contributed by atoms with Crippen molar-refractivity contribution in [2.45, 2.75) is 78.2 Å². The fraction of sp³-hybridized carbons (Fsp3) is 1.00. The zero-order chi connectivity index (χ0) is 14.8. The first-order chi connectivity index (χ1) is 9.71. The van der Waals surface area contributed by atoms with Crippen LogP contribution in [0, 0.1) is 11.8 Å². The number of nitrogens with zero attached hydrogens (tertiary/aromatic N) is 1. The van der Waals surface area contributed by atoms with Gasteiger partial charge in [0, 0.05) is 12.6 Å². The second-order valence-corrected chi connectivity index (χ2v) is 6.88. The van der Waals surface area contributed by atoms with E-state index in [0.717, 1.165) is 17.9 Å². The highest BCUT2D eigenvalue weighted by Crippen LogP contribution is 2.31. The Bertz CT molecular complexity index is 229. The van der Waals surface area contributed by atoms with Crippen molar-refractivity contribution in [3.63, 3.8) is 0 Å². The first-order valence-corrected chi connectivity index (χ1v) is 9.13. The molecule has 3 unspecified atom stereocenters. The summed E-state index contributed by atoms with van der Waals surface area (Å²) in [4.78, 5) is 2.58. The first-order valence-electron chi connectivity index (χ1n) is 9.13. The molecule has 0 radical (unpaired) electrons. The van der Waals surface area contributed by atoms with Crippen LogP contribution in [-0.2, 0) is 0 Å². The van der Waals surface area contributed by atoms with Crippen LogP contribution in [0.15, 0.2) is 0 Å². The molecule has 1 aliphatic rings. The molecule has 0 bridgehead atoms. The normalized spacial score (nSPS) is 27.1. The molecule has 0 aromatic heterocycles. The van der Waals surface area contributed by atoms with Crippen LogP contribution < -0.4 is 5.32 Å². The second kappa shape index (κ2) is 10.6. The molecule has 120 valence electrons. The smallest absolute Gasteiger partial charge is 0.0108 e. The Morgan fingerprint density at radius 3 is 2.50 bits per heavy atom. The van der Waals surface area contributed by atoms with Gasteiger partial charge in [0.05, 0.1) is 0 Å². The summed E-state index contributed by atoms with van der Waals surface area (Å²) < 4.78 is 0. The molecule has 0 spiro atoms. The Morgan fingerprint density at radius 1 is 1.05 bits per heavy atom. The van der Waals surface area contributed by atoms with Gasteiger partial charge in [-0.05, 0) is 64.1 Å². The van der Waals surface area contributed by atoms with E-state index < -0.39 is 0 Å². The number of unbranched alkanes of at least 4 members (excludes halogenated alkanes) is 2. The lowest BCUT2D eigenvalue weighted by molar-refractivity contribution is 0.151. The Hall–Kier alpha value is -0.0800. The molecule has 3 atom stereocenters. The molecule has 0 aliphatic heterocycles. The van der Waals surface area contributed by atoms with E-state index in [4.69, 9.17) is 0 Å². The summed E-state index contributed by atoms with van der Waals surface area (Å²) in [6, 6.07) is 0.770. The second-order valence-electron chi connectivity index (χ2n) is 6.88. The Balaban J connectivity index is 2.41. The third-order valence-electron chi connectivity index (χ3n) is 5.01. The van der Waals surface area contributed by atoms with Crippen LogP contribution >= 0.6 is 0 Å². The van der Waals surface area contributed by atoms with Gasteiger partial charge in [-0.3, -0.25) is 0 Å². The minimum Gasteiger partial charge on any atom is -0.314 e. The van der Waals surface area contributed by atoms with Gasteiger partial charge in [0.15, 0.2) is 0 Å². The highest BCUT2D eigenvalue weighted by molar-refractivity contribution is 4.86. The molecule has 1 aliphatic carbocycles. The number of rotatable bonds is 10. The van der Waals surface area contributed by atoms with Crippen LogP contribution in [0.4, 0.5) is 0 Å². The quantitative estimate of drug-likeness (QED) is 0.601. The van der Waals surface area contributed by atoms with E-state index in [2.05, 4.69) is 38.0 Å². The fourth-order valence-electron chi connectivity index (χ4n) is 3.66. The SMILES string of the molecule is CCCCCN(C)CC1CC(CC)CCC1NCCC. The zero-order valence-corrected chi connectivity index (χ0v) is 14.5. The summed E-state index contributed by atoms with van der Waals surface area (Å²) in [5.41, 5.74) is 0. The van der Waals surface area contributed by atoms with Crippen molar-refractivity contribution in [1.82, 2.24) is 10.2 Å². The van der Waals surface area contributed by atoms with Crippen molar-refractivity contribution < 1.29 is 0 Å². The summed E-state index contributed by atoms with van der Waals surface area (Å²) in [5, 5.41) is 3.81. The van der Waals surface area contributed by atoms with E-state index in [-0.39, 0.29) is 0 Å². The molecular weight excluding hydrogens is 244 g/mol. The summed E-state index contributed by atoms with van der Waals surface area (Å²) >= 11 is 0. The fourth-order valence-corrected chi connectivity index (χ4v) is 3.66. The largest absolute Gasteiger partial charge is 0.314 e. The average molecular weight is 283 g/mol. The van der Waals surface area contributed by atoms with Crippen molar-refractivity contribution in [3.8, 4) is 0 Å². The van der Waals surface area contributed by atoms with E-state index in [1.165, 1.54) is 71.0 Å². The van der Waals surface area contributed by atoms with Gasteiger partial charge in [-0.1, -0.05) is 40.0 Å². The summed E-state index contributed by atoms with van der Waals surface area (Å²) in [5.74, 6) is 1.84. The summed E-state index contributed by atoms with van der Waals surface area (Å²) in [6.45, 7) is 10.7. The van der Waals surface area contributed by atoms with E-state index in [1.54, 1.807) is 0 Å². The maximum absolute atomic E-state index is 3.81. The van der Waals surface area contributed by atoms with E-state index >= 15 is 0 Å². The van der Waals surface area contributed by atoms with Gasteiger partial charge in [-0.25, -0.2) is 0 Å². The Kier molecular flexibility index (Phi) is 9.54. The molecule has 0 aromatic rings. The Labute approximate surface area is 127 Å². The molecule has 2 nitrogen and oxygen atoms in total. The molecule has 0 heterocycles. The van der Waals surface area contributed by atoms with Crippen molar-refractivity contribution in [3.05, 3.63) is 0 Å². The van der Waals surface area contributed by atoms with Gasteiger partial charge in [-0.15, -0.1) is 0 Å². The van der Waals surface area contributed by atoms with Crippen LogP contribution in [0.5, 0.6) is 0 Å². The van der Waals surface area contributed by atoms with Crippen LogP contribution in [-0.4, -0.2) is 37.6 Å². The van der Waals surface area contributed by atoms with Gasteiger partial charge >= 0.3 is 0 Å². The lowest BCUT2D eigenvalue weighted by atomic mass is 9.76. The average Bonchev–Trinajstić information content (AvgIpc) is 2.46. The molecule has 0 amide bonds. The molecule has 1 N–H and O–H groups in total. The molecule has 1 fully saturated rings. The maximum Gasteiger partial charge on any atom is 0.0108 e. The van der Waals surface area contributed by atoms with Crippen molar-refractivity contribution in [2.24, 2.45) is 11.8 Å². The highest BCUT2D eigenvalue weighted by atomic mass is 15.1. The topological polar surface area (TPSA) is 15.3 Å². The summed E-state index contributed by atoms with van der Waals surface area (Å²) in [7, 11) is 2.32. The molecule has 0 saturated heterocycles. The van der Waals surface area contributed by atoms with Crippen LogP contribution in [0.2, 0.25) is 0 Å². The van der Waals surface area contributed by atoms with Crippen LogP contribution in [0.1, 0.15) is 72.1 Å². The third kappa shape index (κ3) is 6.58. The van der Waals surface area contributed by atoms with Gasteiger partial charge in [-0.2, -0.15) is 0 Å². The lowest BCUT2D eigenvalue weighted by Gasteiger charge is -2.38. The van der Waals surface area contributed by atoms with Gasteiger partial charge in [0.2, 0.25) is 0 Å². The number of hydrogen-bond donors (Lipinski definition) is 1. The van der Waals surface area contributed by atoms with Gasteiger partial charge in [0.25, 0.3) is 0 Å². The molecular formula is C18H38N2. The third-order valence-corrected chi connectivity index (χ3v) is 5.01. The monoisotopic (exact) mass is 282 g/mol. The van der Waals surface area contributed by atoms with E-state index in [0.29, 0.717) is 0 Å². The standard InChI is InChI=1S/C18H38N2/c1-5-8-9-13-20(4)15-17-14-16(7-3)10-11-18(17)19-12-6-2/h16-19H,5-15H2,1-4H3. The number of hydrogen-bond acceptors (Lipinski definition) is 2. The molecule has 20 heavy (non-hydrogen) atoms. The minimum atomic E-state index is 0.770. The maximum atomic E-state index is 3.81. The van der Waals surface area contributed by atoms with Gasteiger partial charge < -0.3 is 10.2 Å². The summed E-state index contributed by atoms with van der Waals surface area (Å²) in [6.07, 6.45) is 11.0. The highest BCUT2D eigenvalue weighted by Gasteiger charge is 2.29. The Morgan fingerprint density at radius 2 is 1.85 bits per heavy atom. The van der Waals surface area contributed by atoms with Gasteiger partial charge in [0.1, 0.15) is 0 Å². The number of nitrogens with one attached hydrogen (secondary N) is 1. The van der Waals surface area contributed by atoms with Crippen LogP contribution in [0.25, 0.3) is 0 Å².